The van der Waals surface area contributed by atoms with Crippen molar-refractivity contribution in [3.8, 4) is 11.5 Å². The molecule has 104 valence electrons. The van der Waals surface area contributed by atoms with Gasteiger partial charge in [0.25, 0.3) is 5.69 Å². The van der Waals surface area contributed by atoms with Gasteiger partial charge < -0.3 is 4.74 Å². The molecule has 0 N–H and O–H groups in total. The van der Waals surface area contributed by atoms with Crippen molar-refractivity contribution < 1.29 is 22.8 Å². The van der Waals surface area contributed by atoms with E-state index in [4.69, 9.17) is 4.74 Å². The molecule has 0 aliphatic carbocycles. The molecule has 0 fully saturated rings. The summed E-state index contributed by atoms with van der Waals surface area (Å²) < 4.78 is 45.2. The predicted octanol–water partition coefficient (Wildman–Crippen LogP) is 4.57. The van der Waals surface area contributed by atoms with Crippen molar-refractivity contribution in [1.82, 2.24) is 0 Å². The average molecular weight is 348 g/mol. The predicted molar refractivity (Wildman–Crippen MR) is 67.2 cm³/mol. The Kier molecular flexibility index (Phi) is 3.93. The molecule has 0 amide bonds. The normalized spacial score (nSPS) is 10.4. The van der Waals surface area contributed by atoms with Crippen LogP contribution in [0.15, 0.2) is 34.8 Å². The standard InChI is InChI=1S/C12H5BrF3NO3/c13-8-5-7(1-2-9(8)14)20-12-10(15)3-6(17(18)19)4-11(12)16/h1-5H. The van der Waals surface area contributed by atoms with E-state index < -0.39 is 33.8 Å². The van der Waals surface area contributed by atoms with Crippen LogP contribution >= 0.6 is 15.9 Å². The quantitative estimate of drug-likeness (QED) is 0.603. The van der Waals surface area contributed by atoms with Gasteiger partial charge in [0.2, 0.25) is 0 Å². The van der Waals surface area contributed by atoms with Gasteiger partial charge in [0, 0.05) is 0 Å². The van der Waals surface area contributed by atoms with Crippen LogP contribution in [0.2, 0.25) is 0 Å². The van der Waals surface area contributed by atoms with Gasteiger partial charge in [-0.2, -0.15) is 0 Å². The van der Waals surface area contributed by atoms with Gasteiger partial charge in [-0.25, -0.2) is 13.2 Å². The lowest BCUT2D eigenvalue weighted by Gasteiger charge is -2.08. The van der Waals surface area contributed by atoms with Gasteiger partial charge in [-0.15, -0.1) is 0 Å². The van der Waals surface area contributed by atoms with Crippen molar-refractivity contribution in [2.24, 2.45) is 0 Å². The summed E-state index contributed by atoms with van der Waals surface area (Å²) in [4.78, 5) is 9.51. The molecule has 20 heavy (non-hydrogen) atoms. The van der Waals surface area contributed by atoms with Crippen LogP contribution in [0.25, 0.3) is 0 Å². The number of rotatable bonds is 3. The van der Waals surface area contributed by atoms with Gasteiger partial charge in [-0.3, -0.25) is 10.1 Å². The Bertz CT molecular complexity index is 671. The lowest BCUT2D eigenvalue weighted by atomic mass is 10.2. The van der Waals surface area contributed by atoms with E-state index in [0.717, 1.165) is 6.07 Å². The molecule has 2 rings (SSSR count). The van der Waals surface area contributed by atoms with Crippen molar-refractivity contribution in [3.05, 3.63) is 62.4 Å². The molecule has 0 unspecified atom stereocenters. The maximum Gasteiger partial charge on any atom is 0.275 e. The summed E-state index contributed by atoms with van der Waals surface area (Å²) in [6.45, 7) is 0. The number of ether oxygens (including phenoxy) is 1. The number of hydrogen-bond acceptors (Lipinski definition) is 3. The minimum absolute atomic E-state index is 0.0232. The molecule has 0 saturated carbocycles. The monoisotopic (exact) mass is 347 g/mol. The Morgan fingerprint density at radius 1 is 1.05 bits per heavy atom. The number of nitrogens with zero attached hydrogens (tertiary/aromatic N) is 1. The Morgan fingerprint density at radius 3 is 2.15 bits per heavy atom. The van der Waals surface area contributed by atoms with Crippen LogP contribution in [0.4, 0.5) is 18.9 Å². The van der Waals surface area contributed by atoms with Crippen LogP contribution in [-0.4, -0.2) is 4.92 Å². The first kappa shape index (κ1) is 14.3. The van der Waals surface area contributed by atoms with E-state index in [2.05, 4.69) is 15.9 Å². The lowest BCUT2D eigenvalue weighted by Crippen LogP contribution is -1.96. The maximum atomic E-state index is 13.6. The molecule has 0 spiro atoms. The molecule has 2 aromatic carbocycles. The summed E-state index contributed by atoms with van der Waals surface area (Å²) in [6.07, 6.45) is 0. The van der Waals surface area contributed by atoms with Gasteiger partial charge in [0.05, 0.1) is 21.5 Å². The van der Waals surface area contributed by atoms with Crippen LogP contribution in [0.3, 0.4) is 0 Å². The molecule has 0 aromatic heterocycles. The van der Waals surface area contributed by atoms with E-state index in [1.165, 1.54) is 12.1 Å². The average Bonchev–Trinajstić information content (AvgIpc) is 2.37. The highest BCUT2D eigenvalue weighted by atomic mass is 79.9. The third kappa shape index (κ3) is 2.90. The van der Waals surface area contributed by atoms with E-state index in [1.54, 1.807) is 0 Å². The Hall–Kier alpha value is -2.09. The van der Waals surface area contributed by atoms with Crippen molar-refractivity contribution >= 4 is 21.6 Å². The van der Waals surface area contributed by atoms with Crippen LogP contribution < -0.4 is 4.74 Å². The zero-order valence-corrected chi connectivity index (χ0v) is 11.2. The fourth-order valence-electron chi connectivity index (χ4n) is 1.41. The lowest BCUT2D eigenvalue weighted by molar-refractivity contribution is -0.385. The van der Waals surface area contributed by atoms with E-state index in [-0.39, 0.29) is 10.2 Å². The molecule has 8 heteroatoms. The second-order valence-electron chi connectivity index (χ2n) is 3.67. The number of nitro benzene ring substituents is 1. The number of nitro groups is 1. The van der Waals surface area contributed by atoms with E-state index in [0.29, 0.717) is 12.1 Å². The Balaban J connectivity index is 2.38. The molecule has 0 bridgehead atoms. The summed E-state index contributed by atoms with van der Waals surface area (Å²) in [5.74, 6) is -3.84. The summed E-state index contributed by atoms with van der Waals surface area (Å²) in [5.41, 5.74) is -0.729. The van der Waals surface area contributed by atoms with Crippen LogP contribution in [0, 0.1) is 27.6 Å². The summed E-state index contributed by atoms with van der Waals surface area (Å²) in [5, 5.41) is 10.4. The Morgan fingerprint density at radius 2 is 1.65 bits per heavy atom. The largest absolute Gasteiger partial charge is 0.451 e. The smallest absolute Gasteiger partial charge is 0.275 e. The second-order valence-corrected chi connectivity index (χ2v) is 4.53. The summed E-state index contributed by atoms with van der Waals surface area (Å²) >= 11 is 2.90. The second kappa shape index (κ2) is 5.49. The molecule has 0 radical (unpaired) electrons. The van der Waals surface area contributed by atoms with Gasteiger partial charge in [-0.05, 0) is 34.1 Å². The van der Waals surface area contributed by atoms with Crippen LogP contribution in [-0.2, 0) is 0 Å². The fourth-order valence-corrected chi connectivity index (χ4v) is 1.77. The molecule has 2 aromatic rings. The first-order valence-corrected chi connectivity index (χ1v) is 5.94. The molecule has 0 aliphatic rings. The first-order valence-electron chi connectivity index (χ1n) is 5.15. The van der Waals surface area contributed by atoms with Crippen molar-refractivity contribution in [2.75, 3.05) is 0 Å². The van der Waals surface area contributed by atoms with Crippen molar-refractivity contribution in [1.29, 1.82) is 0 Å². The van der Waals surface area contributed by atoms with Gasteiger partial charge >= 0.3 is 0 Å². The summed E-state index contributed by atoms with van der Waals surface area (Å²) in [7, 11) is 0. The molecule has 4 nitrogen and oxygen atoms in total. The van der Waals surface area contributed by atoms with E-state index in [9.17, 15) is 23.3 Å². The topological polar surface area (TPSA) is 52.4 Å². The SMILES string of the molecule is O=[N+]([O-])c1cc(F)c(Oc2ccc(F)c(Br)c2)c(F)c1. The number of hydrogen-bond donors (Lipinski definition) is 0. The highest BCUT2D eigenvalue weighted by Gasteiger charge is 2.19. The number of benzene rings is 2. The minimum atomic E-state index is -1.22. The van der Waals surface area contributed by atoms with Crippen LogP contribution in [0.1, 0.15) is 0 Å². The van der Waals surface area contributed by atoms with Gasteiger partial charge in [0.15, 0.2) is 17.4 Å². The minimum Gasteiger partial charge on any atom is -0.451 e. The third-order valence-electron chi connectivity index (χ3n) is 2.30. The fraction of sp³-hybridized carbons (Fsp3) is 0. The van der Waals surface area contributed by atoms with Gasteiger partial charge in [0.1, 0.15) is 11.6 Å². The number of halogens is 4. The van der Waals surface area contributed by atoms with E-state index >= 15 is 0 Å². The molecular weight excluding hydrogens is 343 g/mol. The molecule has 0 saturated heterocycles. The molecule has 0 aliphatic heterocycles. The molecule has 0 atom stereocenters. The molecule has 0 heterocycles. The van der Waals surface area contributed by atoms with Gasteiger partial charge in [-0.1, -0.05) is 0 Å². The summed E-state index contributed by atoms with van der Waals surface area (Å²) in [6, 6.07) is 4.46. The molecular formula is C12H5BrF3NO3. The van der Waals surface area contributed by atoms with Crippen molar-refractivity contribution in [2.45, 2.75) is 0 Å². The highest BCUT2D eigenvalue weighted by molar-refractivity contribution is 9.10. The Labute approximate surface area is 119 Å². The zero-order chi connectivity index (χ0) is 14.9. The third-order valence-corrected chi connectivity index (χ3v) is 2.91. The highest BCUT2D eigenvalue weighted by Crippen LogP contribution is 2.32. The van der Waals surface area contributed by atoms with Crippen LogP contribution in [0.5, 0.6) is 11.5 Å². The van der Waals surface area contributed by atoms with Crippen molar-refractivity contribution in [3.63, 3.8) is 0 Å². The first-order chi connectivity index (χ1) is 9.38. The maximum absolute atomic E-state index is 13.6. The number of non-ortho nitro benzene ring substituents is 1. The van der Waals surface area contributed by atoms with E-state index in [1.807, 2.05) is 0 Å². The zero-order valence-electron chi connectivity index (χ0n) is 9.57.